The van der Waals surface area contributed by atoms with E-state index in [-0.39, 0.29) is 0 Å². The molecule has 0 aromatic carbocycles. The number of hydrogen-bond acceptors (Lipinski definition) is 4. The van der Waals surface area contributed by atoms with Crippen LogP contribution in [0.4, 0.5) is 0 Å². The summed E-state index contributed by atoms with van der Waals surface area (Å²) in [5.74, 6) is 0. The molecule has 0 amide bonds. The van der Waals surface area contributed by atoms with Crippen LogP contribution in [0.15, 0.2) is 4.73 Å². The van der Waals surface area contributed by atoms with Crippen LogP contribution in [0, 0.1) is 0 Å². The summed E-state index contributed by atoms with van der Waals surface area (Å²) in [6.07, 6.45) is 0. The van der Waals surface area contributed by atoms with Gasteiger partial charge in [-0.25, -0.2) is 0 Å². The highest BCUT2D eigenvalue weighted by Crippen LogP contribution is 2.10. The highest BCUT2D eigenvalue weighted by Gasteiger charge is 2.06. The minimum Gasteiger partial charge on any atom is -0.467 e. The van der Waals surface area contributed by atoms with Crippen LogP contribution in [-0.2, 0) is 11.5 Å². The van der Waals surface area contributed by atoms with Crippen molar-refractivity contribution in [3.8, 4) is 6.01 Å². The summed E-state index contributed by atoms with van der Waals surface area (Å²) in [5, 5.41) is 3.94. The summed E-state index contributed by atoms with van der Waals surface area (Å²) in [5.41, 5.74) is 0. The lowest BCUT2D eigenvalue weighted by Crippen LogP contribution is -2.04. The van der Waals surface area contributed by atoms with E-state index in [0.29, 0.717) is 17.5 Å². The maximum Gasteiger partial charge on any atom is 0.317 e. The Morgan fingerprint density at radius 1 is 1.55 bits per heavy atom. The number of hydrogen-bond donors (Lipinski definition) is 0. The van der Waals surface area contributed by atoms with E-state index in [9.17, 15) is 0 Å². The molecule has 1 heterocycles. The first kappa shape index (κ1) is 8.48. The Kier molecular flexibility index (Phi) is 2.84. The second-order valence-electron chi connectivity index (χ2n) is 1.78. The third kappa shape index (κ3) is 1.90. The monoisotopic (exact) mass is 221 g/mol. The first-order valence-electron chi connectivity index (χ1n) is 2.91. The summed E-state index contributed by atoms with van der Waals surface area (Å²) >= 11 is 3.12. The van der Waals surface area contributed by atoms with Gasteiger partial charge in [0, 0.05) is 7.11 Å². The Morgan fingerprint density at radius 2 is 2.27 bits per heavy atom. The molecule has 0 aliphatic rings. The van der Waals surface area contributed by atoms with Gasteiger partial charge in [0.05, 0.1) is 7.11 Å². The highest BCUT2D eigenvalue weighted by atomic mass is 79.9. The topological polar surface area (TPSA) is 49.2 Å². The van der Waals surface area contributed by atoms with Gasteiger partial charge in [0.25, 0.3) is 0 Å². The summed E-state index contributed by atoms with van der Waals surface area (Å²) in [6, 6.07) is 0.429. The second-order valence-corrected chi connectivity index (χ2v) is 2.49. The van der Waals surface area contributed by atoms with Crippen LogP contribution in [-0.4, -0.2) is 29.0 Å². The van der Waals surface area contributed by atoms with Crippen LogP contribution in [0.5, 0.6) is 6.01 Å². The predicted octanol–water partition coefficient (Wildman–Crippen LogP) is 0.653. The van der Waals surface area contributed by atoms with E-state index in [1.807, 2.05) is 0 Å². The van der Waals surface area contributed by atoms with Gasteiger partial charge < -0.3 is 9.47 Å². The molecule has 6 heteroatoms. The van der Waals surface area contributed by atoms with E-state index in [1.165, 1.54) is 11.8 Å². The van der Waals surface area contributed by atoms with Crippen molar-refractivity contribution in [2.75, 3.05) is 14.2 Å². The fourth-order valence-electron chi connectivity index (χ4n) is 0.659. The van der Waals surface area contributed by atoms with E-state index in [4.69, 9.17) is 9.47 Å². The third-order valence-corrected chi connectivity index (χ3v) is 1.38. The minimum atomic E-state index is 0.335. The lowest BCUT2D eigenvalue weighted by molar-refractivity contribution is 0.110. The molecule has 5 nitrogen and oxygen atoms in total. The molecule has 0 fully saturated rings. The molecule has 0 atom stereocenters. The molecule has 0 saturated heterocycles. The summed E-state index contributed by atoms with van der Waals surface area (Å²) in [7, 11) is 3.11. The molecule has 1 aromatic rings. The maximum atomic E-state index is 4.90. The molecule has 1 rings (SSSR count). The van der Waals surface area contributed by atoms with Crippen molar-refractivity contribution >= 4 is 15.9 Å². The van der Waals surface area contributed by atoms with Gasteiger partial charge in [-0.15, -0.1) is 5.10 Å². The molecule has 0 N–H and O–H groups in total. The van der Waals surface area contributed by atoms with Crippen molar-refractivity contribution in [2.45, 2.75) is 6.73 Å². The van der Waals surface area contributed by atoms with Gasteiger partial charge >= 0.3 is 6.01 Å². The van der Waals surface area contributed by atoms with Gasteiger partial charge in [-0.2, -0.15) is 9.67 Å². The van der Waals surface area contributed by atoms with Gasteiger partial charge in [0.15, 0.2) is 0 Å². The van der Waals surface area contributed by atoms with Crippen molar-refractivity contribution in [1.82, 2.24) is 14.8 Å². The Balaban J connectivity index is 2.83. The van der Waals surface area contributed by atoms with Gasteiger partial charge in [0.2, 0.25) is 4.73 Å². The number of halogens is 1. The largest absolute Gasteiger partial charge is 0.467 e. The number of aromatic nitrogens is 3. The molecule has 0 aliphatic heterocycles. The van der Waals surface area contributed by atoms with E-state index in [1.54, 1.807) is 7.11 Å². The van der Waals surface area contributed by atoms with E-state index in [2.05, 4.69) is 26.0 Å². The van der Waals surface area contributed by atoms with Crippen LogP contribution in [0.25, 0.3) is 0 Å². The molecule has 0 unspecified atom stereocenters. The standard InChI is InChI=1S/C5H8BrN3O2/c1-10-3-9-5(11-2)7-4(6)8-9/h3H2,1-2H3. The summed E-state index contributed by atoms with van der Waals surface area (Å²) < 4.78 is 11.7. The zero-order chi connectivity index (χ0) is 8.27. The number of methoxy groups -OCH3 is 2. The highest BCUT2D eigenvalue weighted by molar-refractivity contribution is 9.10. The maximum absolute atomic E-state index is 4.90. The SMILES string of the molecule is COCn1nc(Br)nc1OC. The Labute approximate surface area is 72.4 Å². The van der Waals surface area contributed by atoms with Crippen molar-refractivity contribution in [3.63, 3.8) is 0 Å². The number of ether oxygens (including phenoxy) is 2. The summed E-state index contributed by atoms with van der Waals surface area (Å²) in [6.45, 7) is 0.335. The molecule has 0 bridgehead atoms. The average Bonchev–Trinajstić information content (AvgIpc) is 2.32. The normalized spacial score (nSPS) is 10.1. The smallest absolute Gasteiger partial charge is 0.317 e. The molecule has 0 spiro atoms. The molecule has 0 saturated carbocycles. The van der Waals surface area contributed by atoms with Gasteiger partial charge in [-0.1, -0.05) is 0 Å². The molecular weight excluding hydrogens is 214 g/mol. The van der Waals surface area contributed by atoms with Crippen molar-refractivity contribution in [3.05, 3.63) is 4.73 Å². The van der Waals surface area contributed by atoms with Crippen LogP contribution in [0.3, 0.4) is 0 Å². The van der Waals surface area contributed by atoms with Gasteiger partial charge in [0.1, 0.15) is 6.73 Å². The fourth-order valence-corrected chi connectivity index (χ4v) is 1.00. The second kappa shape index (κ2) is 3.68. The average molecular weight is 222 g/mol. The molecule has 0 radical (unpaired) electrons. The third-order valence-electron chi connectivity index (χ3n) is 1.05. The lowest BCUT2D eigenvalue weighted by atomic mass is 11.0. The van der Waals surface area contributed by atoms with Crippen LogP contribution in [0.2, 0.25) is 0 Å². The van der Waals surface area contributed by atoms with E-state index < -0.39 is 0 Å². The molecule has 0 aliphatic carbocycles. The Hall–Kier alpha value is -0.620. The number of rotatable bonds is 3. The van der Waals surface area contributed by atoms with Crippen molar-refractivity contribution in [2.24, 2.45) is 0 Å². The predicted molar refractivity (Wildman–Crippen MR) is 41.3 cm³/mol. The zero-order valence-electron chi connectivity index (χ0n) is 6.24. The fraction of sp³-hybridized carbons (Fsp3) is 0.600. The number of nitrogens with zero attached hydrogens (tertiary/aromatic N) is 3. The van der Waals surface area contributed by atoms with Crippen molar-refractivity contribution < 1.29 is 9.47 Å². The molecule has 11 heavy (non-hydrogen) atoms. The first-order valence-corrected chi connectivity index (χ1v) is 3.70. The first-order chi connectivity index (χ1) is 5.27. The van der Waals surface area contributed by atoms with E-state index in [0.717, 1.165) is 0 Å². The Bertz CT molecular complexity index is 238. The molecule has 62 valence electrons. The van der Waals surface area contributed by atoms with Crippen LogP contribution in [0.1, 0.15) is 0 Å². The zero-order valence-corrected chi connectivity index (χ0v) is 7.83. The molecule has 1 aromatic heterocycles. The van der Waals surface area contributed by atoms with Crippen molar-refractivity contribution in [1.29, 1.82) is 0 Å². The summed E-state index contributed by atoms with van der Waals surface area (Å²) in [4.78, 5) is 3.91. The quantitative estimate of drug-likeness (QED) is 0.753. The van der Waals surface area contributed by atoms with Crippen LogP contribution >= 0.6 is 15.9 Å². The van der Waals surface area contributed by atoms with Gasteiger partial charge in [-0.05, 0) is 15.9 Å². The van der Waals surface area contributed by atoms with Gasteiger partial charge in [-0.3, -0.25) is 0 Å². The van der Waals surface area contributed by atoms with Crippen LogP contribution < -0.4 is 4.74 Å². The lowest BCUT2D eigenvalue weighted by Gasteiger charge is -2.00. The Morgan fingerprint density at radius 3 is 2.82 bits per heavy atom. The molecular formula is C5H8BrN3O2. The van der Waals surface area contributed by atoms with E-state index >= 15 is 0 Å². The minimum absolute atomic E-state index is 0.335.